The largest absolute Gasteiger partial charge is 0.379 e. The summed E-state index contributed by atoms with van der Waals surface area (Å²) in [5, 5.41) is 3.15. The van der Waals surface area contributed by atoms with Crippen LogP contribution in [0.3, 0.4) is 0 Å². The third-order valence-corrected chi connectivity index (χ3v) is 3.30. The maximum Gasteiger partial charge on any atom is 0.123 e. The third-order valence-electron chi connectivity index (χ3n) is 3.30. The molecule has 0 saturated carbocycles. The predicted molar refractivity (Wildman–Crippen MR) is 62.1 cm³/mol. The van der Waals surface area contributed by atoms with Crippen molar-refractivity contribution in [2.24, 2.45) is 0 Å². The second kappa shape index (κ2) is 4.93. The van der Waals surface area contributed by atoms with Gasteiger partial charge in [0.25, 0.3) is 0 Å². The van der Waals surface area contributed by atoms with Gasteiger partial charge in [-0.15, -0.1) is 0 Å². The molecule has 0 unspecified atom stereocenters. The number of hydrogen-bond donors (Lipinski definition) is 1. The van der Waals surface area contributed by atoms with Crippen LogP contribution in [-0.4, -0.2) is 26.8 Å². The van der Waals surface area contributed by atoms with Crippen LogP contribution in [0.2, 0.25) is 0 Å². The lowest BCUT2D eigenvalue weighted by atomic mass is 9.75. The average Bonchev–Trinajstić information content (AvgIpc) is 2.24. The van der Waals surface area contributed by atoms with Gasteiger partial charge in [-0.05, 0) is 44.1 Å². The van der Waals surface area contributed by atoms with Gasteiger partial charge in [-0.3, -0.25) is 0 Å². The molecule has 1 aliphatic rings. The molecule has 0 aromatic heterocycles. The molecule has 2 nitrogen and oxygen atoms in total. The Kier molecular flexibility index (Phi) is 3.56. The first-order valence-electron chi connectivity index (χ1n) is 5.75. The number of halogens is 1. The maximum atomic E-state index is 12.9. The van der Waals surface area contributed by atoms with Crippen LogP contribution >= 0.6 is 0 Å². The molecular formula is C13H18FNO. The normalized spacial score (nSPS) is 18.1. The predicted octanol–water partition coefficient (Wildman–Crippen LogP) is 2.09. The van der Waals surface area contributed by atoms with E-state index in [4.69, 9.17) is 4.74 Å². The molecule has 1 N–H and O–H groups in total. The van der Waals surface area contributed by atoms with Crippen molar-refractivity contribution in [1.29, 1.82) is 0 Å². The quantitative estimate of drug-likeness (QED) is 0.772. The Morgan fingerprint density at radius 3 is 2.50 bits per heavy atom. The number of benzene rings is 1. The zero-order valence-corrected chi connectivity index (χ0v) is 9.63. The molecular weight excluding hydrogens is 205 g/mol. The average molecular weight is 223 g/mol. The van der Waals surface area contributed by atoms with Gasteiger partial charge in [-0.25, -0.2) is 4.39 Å². The first-order chi connectivity index (χ1) is 7.77. The molecule has 1 heterocycles. The van der Waals surface area contributed by atoms with Crippen LogP contribution in [0.4, 0.5) is 4.39 Å². The van der Waals surface area contributed by atoms with Crippen molar-refractivity contribution >= 4 is 0 Å². The molecule has 0 radical (unpaired) electrons. The van der Waals surface area contributed by atoms with E-state index in [2.05, 4.69) is 5.32 Å². The smallest absolute Gasteiger partial charge is 0.123 e. The molecule has 0 amide bonds. The van der Waals surface area contributed by atoms with Crippen molar-refractivity contribution < 1.29 is 9.13 Å². The molecule has 3 heteroatoms. The van der Waals surface area contributed by atoms with Gasteiger partial charge in [0.15, 0.2) is 0 Å². The van der Waals surface area contributed by atoms with Gasteiger partial charge in [0.05, 0.1) is 13.2 Å². The lowest BCUT2D eigenvalue weighted by molar-refractivity contribution is -0.0650. The molecule has 1 saturated heterocycles. The molecule has 1 aromatic rings. The van der Waals surface area contributed by atoms with Crippen molar-refractivity contribution in [3.05, 3.63) is 35.6 Å². The van der Waals surface area contributed by atoms with Crippen LogP contribution in [0.25, 0.3) is 0 Å². The highest BCUT2D eigenvalue weighted by molar-refractivity contribution is 5.28. The summed E-state index contributed by atoms with van der Waals surface area (Å²) in [6, 6.07) is 6.84. The van der Waals surface area contributed by atoms with Gasteiger partial charge < -0.3 is 10.1 Å². The summed E-state index contributed by atoms with van der Waals surface area (Å²) >= 11 is 0. The van der Waals surface area contributed by atoms with Gasteiger partial charge >= 0.3 is 0 Å². The van der Waals surface area contributed by atoms with E-state index in [0.29, 0.717) is 0 Å². The van der Waals surface area contributed by atoms with Crippen LogP contribution in [0, 0.1) is 5.82 Å². The highest BCUT2D eigenvalue weighted by Crippen LogP contribution is 2.36. The van der Waals surface area contributed by atoms with Gasteiger partial charge in [0.1, 0.15) is 5.82 Å². The topological polar surface area (TPSA) is 21.3 Å². The molecule has 88 valence electrons. The van der Waals surface area contributed by atoms with Gasteiger partial charge in [-0.1, -0.05) is 12.1 Å². The zero-order chi connectivity index (χ0) is 11.4. The van der Waals surface area contributed by atoms with Crippen LogP contribution in [0.15, 0.2) is 24.3 Å². The van der Waals surface area contributed by atoms with Crippen LogP contribution < -0.4 is 5.32 Å². The summed E-state index contributed by atoms with van der Waals surface area (Å²) in [4.78, 5) is 0. The zero-order valence-electron chi connectivity index (χ0n) is 9.63. The summed E-state index contributed by atoms with van der Waals surface area (Å²) < 4.78 is 18.2. The molecule has 0 bridgehead atoms. The van der Waals surface area contributed by atoms with Crippen molar-refractivity contribution in [2.75, 3.05) is 26.8 Å². The number of ether oxygens (including phenoxy) is 1. The fraction of sp³-hybridized carbons (Fsp3) is 0.538. The van der Waals surface area contributed by atoms with Gasteiger partial charge in [0.2, 0.25) is 0 Å². The molecule has 1 aliphatic heterocycles. The van der Waals surface area contributed by atoms with Crippen LogP contribution in [-0.2, 0) is 10.2 Å². The van der Waals surface area contributed by atoms with Crippen molar-refractivity contribution in [3.63, 3.8) is 0 Å². The molecule has 0 aliphatic carbocycles. The molecule has 0 spiro atoms. The first kappa shape index (κ1) is 11.6. The summed E-state index contributed by atoms with van der Waals surface area (Å²) in [5.41, 5.74) is 1.33. The monoisotopic (exact) mass is 223 g/mol. The Morgan fingerprint density at radius 1 is 1.31 bits per heavy atom. The van der Waals surface area contributed by atoms with Crippen molar-refractivity contribution in [1.82, 2.24) is 5.32 Å². The third kappa shape index (κ3) is 2.25. The van der Waals surface area contributed by atoms with E-state index < -0.39 is 0 Å². The molecule has 1 aromatic carbocycles. The Morgan fingerprint density at radius 2 is 2.00 bits per heavy atom. The number of nitrogens with one attached hydrogen (secondary N) is 1. The van der Waals surface area contributed by atoms with E-state index in [9.17, 15) is 4.39 Å². The lowest BCUT2D eigenvalue weighted by Crippen LogP contribution is -2.47. The minimum absolute atomic E-state index is 0.130. The van der Waals surface area contributed by atoms with Gasteiger partial charge in [-0.2, -0.15) is 0 Å². The summed E-state index contributed by atoms with van der Waals surface area (Å²) in [7, 11) is 1.96. The molecule has 16 heavy (non-hydrogen) atoms. The Balaban J connectivity index is 2.05. The molecule has 1 fully saturated rings. The fourth-order valence-corrected chi connectivity index (χ4v) is 2.21. The highest BCUT2D eigenvalue weighted by atomic mass is 19.1. The second-order valence-electron chi connectivity index (χ2n) is 4.49. The van der Waals surface area contributed by atoms with Crippen molar-refractivity contribution in [2.45, 2.75) is 18.3 Å². The first-order valence-corrected chi connectivity index (χ1v) is 5.75. The Hall–Kier alpha value is -0.930. The highest BCUT2D eigenvalue weighted by Gasteiger charge is 2.39. The van der Waals surface area contributed by atoms with Crippen molar-refractivity contribution in [3.8, 4) is 0 Å². The molecule has 0 atom stereocenters. The maximum absolute atomic E-state index is 12.9. The lowest BCUT2D eigenvalue weighted by Gasteiger charge is -2.42. The van der Waals surface area contributed by atoms with E-state index in [0.717, 1.165) is 32.6 Å². The van der Waals surface area contributed by atoms with E-state index in [1.54, 1.807) is 0 Å². The minimum Gasteiger partial charge on any atom is -0.379 e. The van der Waals surface area contributed by atoms with Crippen LogP contribution in [0.5, 0.6) is 0 Å². The van der Waals surface area contributed by atoms with E-state index in [-0.39, 0.29) is 11.2 Å². The van der Waals surface area contributed by atoms with Gasteiger partial charge in [0, 0.05) is 5.41 Å². The molecule has 2 rings (SSSR count). The standard InChI is InChI=1S/C13H18FNO/c1-15-8-2-7-13(9-16-10-13)11-3-5-12(14)6-4-11/h3-6,15H,2,7-10H2,1H3. The van der Waals surface area contributed by atoms with E-state index in [1.165, 1.54) is 17.7 Å². The fourth-order valence-electron chi connectivity index (χ4n) is 2.21. The summed E-state index contributed by atoms with van der Waals surface area (Å²) in [6.07, 6.45) is 2.22. The Bertz CT molecular complexity index is 332. The summed E-state index contributed by atoms with van der Waals surface area (Å²) in [5.74, 6) is -0.172. The van der Waals surface area contributed by atoms with Crippen LogP contribution in [0.1, 0.15) is 18.4 Å². The Labute approximate surface area is 95.8 Å². The number of hydrogen-bond acceptors (Lipinski definition) is 2. The summed E-state index contributed by atoms with van der Waals surface area (Å²) in [6.45, 7) is 2.55. The second-order valence-corrected chi connectivity index (χ2v) is 4.49. The number of rotatable bonds is 5. The minimum atomic E-state index is -0.172. The van der Waals surface area contributed by atoms with E-state index >= 15 is 0 Å². The van der Waals surface area contributed by atoms with E-state index in [1.807, 2.05) is 19.2 Å². The SMILES string of the molecule is CNCCCC1(c2ccc(F)cc2)COC1.